The minimum atomic E-state index is 0.0564. The molecule has 1 rings (SSSR count). The third-order valence-electron chi connectivity index (χ3n) is 1.65. The van der Waals surface area contributed by atoms with Gasteiger partial charge in [0.05, 0.1) is 0 Å². The fourth-order valence-electron chi connectivity index (χ4n) is 0.846. The maximum Gasteiger partial charge on any atom is 0.126 e. The Kier molecular flexibility index (Phi) is 2.52. The molecule has 0 aliphatic heterocycles. The molecular formula is C8H13NOS. The molecule has 1 heterocycles. The van der Waals surface area contributed by atoms with E-state index >= 15 is 0 Å². The molecular weight excluding hydrogens is 158 g/mol. The average Bonchev–Trinajstić information content (AvgIpc) is 2.34. The summed E-state index contributed by atoms with van der Waals surface area (Å²) in [6.07, 6.45) is 0. The first kappa shape index (κ1) is 8.56. The van der Waals surface area contributed by atoms with Gasteiger partial charge in [-0.1, -0.05) is 13.8 Å². The summed E-state index contributed by atoms with van der Waals surface area (Å²) >= 11 is 1.51. The van der Waals surface area contributed by atoms with Gasteiger partial charge in [0.1, 0.15) is 5.75 Å². The SMILES string of the molecule is CC(C)[C@@H](N)c1cc(O)cs1. The van der Waals surface area contributed by atoms with Crippen molar-refractivity contribution in [3.8, 4) is 5.75 Å². The first-order chi connectivity index (χ1) is 5.11. The fourth-order valence-corrected chi connectivity index (χ4v) is 1.79. The predicted octanol–water partition coefficient (Wildman–Crippen LogP) is 2.11. The van der Waals surface area contributed by atoms with Gasteiger partial charge in [0.2, 0.25) is 0 Å². The zero-order valence-electron chi connectivity index (χ0n) is 6.74. The van der Waals surface area contributed by atoms with E-state index in [0.717, 1.165) is 4.88 Å². The van der Waals surface area contributed by atoms with Crippen LogP contribution in [-0.4, -0.2) is 5.11 Å². The summed E-state index contributed by atoms with van der Waals surface area (Å²) in [4.78, 5) is 1.05. The lowest BCUT2D eigenvalue weighted by Gasteiger charge is -2.12. The van der Waals surface area contributed by atoms with E-state index in [2.05, 4.69) is 13.8 Å². The van der Waals surface area contributed by atoms with Crippen LogP contribution in [0, 0.1) is 5.92 Å². The molecule has 0 aromatic carbocycles. The van der Waals surface area contributed by atoms with E-state index in [0.29, 0.717) is 11.7 Å². The summed E-state index contributed by atoms with van der Waals surface area (Å²) in [5.74, 6) is 0.745. The minimum absolute atomic E-state index is 0.0564. The van der Waals surface area contributed by atoms with Gasteiger partial charge in [0.25, 0.3) is 0 Å². The van der Waals surface area contributed by atoms with Crippen molar-refractivity contribution in [2.45, 2.75) is 19.9 Å². The van der Waals surface area contributed by atoms with Crippen LogP contribution >= 0.6 is 11.3 Å². The molecule has 0 amide bonds. The van der Waals surface area contributed by atoms with Crippen molar-refractivity contribution in [2.24, 2.45) is 11.7 Å². The van der Waals surface area contributed by atoms with Crippen molar-refractivity contribution in [3.63, 3.8) is 0 Å². The summed E-state index contributed by atoms with van der Waals surface area (Å²) in [5, 5.41) is 10.7. The number of hydrogen-bond donors (Lipinski definition) is 2. The van der Waals surface area contributed by atoms with Crippen LogP contribution in [0.3, 0.4) is 0 Å². The molecule has 1 aromatic heterocycles. The highest BCUT2D eigenvalue weighted by molar-refractivity contribution is 7.10. The van der Waals surface area contributed by atoms with Crippen LogP contribution in [0.25, 0.3) is 0 Å². The molecule has 0 spiro atoms. The number of thiophene rings is 1. The smallest absolute Gasteiger partial charge is 0.126 e. The molecule has 1 atom stereocenters. The molecule has 0 aliphatic carbocycles. The maximum absolute atomic E-state index is 9.04. The van der Waals surface area contributed by atoms with Gasteiger partial charge in [-0.05, 0) is 12.0 Å². The highest BCUT2D eigenvalue weighted by Gasteiger charge is 2.11. The monoisotopic (exact) mass is 171 g/mol. The number of rotatable bonds is 2. The minimum Gasteiger partial charge on any atom is -0.507 e. The second-order valence-corrected chi connectivity index (χ2v) is 3.92. The Labute approximate surface area is 70.7 Å². The molecule has 0 radical (unpaired) electrons. The van der Waals surface area contributed by atoms with Gasteiger partial charge in [-0.15, -0.1) is 11.3 Å². The van der Waals surface area contributed by atoms with Gasteiger partial charge in [0.15, 0.2) is 0 Å². The quantitative estimate of drug-likeness (QED) is 0.716. The first-order valence-corrected chi connectivity index (χ1v) is 4.52. The number of nitrogens with two attached hydrogens (primary N) is 1. The molecule has 11 heavy (non-hydrogen) atoms. The Bertz CT molecular complexity index is 232. The third-order valence-corrected chi connectivity index (χ3v) is 2.67. The molecule has 62 valence electrons. The van der Waals surface area contributed by atoms with Gasteiger partial charge in [-0.3, -0.25) is 0 Å². The summed E-state index contributed by atoms with van der Waals surface area (Å²) in [7, 11) is 0. The van der Waals surface area contributed by atoms with Gasteiger partial charge in [-0.25, -0.2) is 0 Å². The normalized spacial score (nSPS) is 13.8. The maximum atomic E-state index is 9.04. The molecule has 2 nitrogen and oxygen atoms in total. The molecule has 0 saturated heterocycles. The van der Waals surface area contributed by atoms with E-state index in [4.69, 9.17) is 10.8 Å². The molecule has 3 heteroatoms. The number of aromatic hydroxyl groups is 1. The van der Waals surface area contributed by atoms with Crippen LogP contribution in [0.1, 0.15) is 24.8 Å². The van der Waals surface area contributed by atoms with Crippen molar-refractivity contribution in [1.82, 2.24) is 0 Å². The summed E-state index contributed by atoms with van der Waals surface area (Å²) in [5.41, 5.74) is 5.85. The van der Waals surface area contributed by atoms with Crippen molar-refractivity contribution in [3.05, 3.63) is 16.3 Å². The lowest BCUT2D eigenvalue weighted by molar-refractivity contribution is 0.474. The van der Waals surface area contributed by atoms with Gasteiger partial charge < -0.3 is 10.8 Å². The van der Waals surface area contributed by atoms with Gasteiger partial charge >= 0.3 is 0 Å². The van der Waals surface area contributed by atoms with Crippen LogP contribution in [0.2, 0.25) is 0 Å². The molecule has 0 unspecified atom stereocenters. The predicted molar refractivity (Wildman–Crippen MR) is 47.8 cm³/mol. The Morgan fingerprint density at radius 1 is 1.55 bits per heavy atom. The summed E-state index contributed by atoms with van der Waals surface area (Å²) < 4.78 is 0. The standard InChI is InChI=1S/C8H13NOS/c1-5(2)8(9)7-3-6(10)4-11-7/h3-5,8,10H,9H2,1-2H3/t8-/m1/s1. The lowest BCUT2D eigenvalue weighted by Crippen LogP contribution is -2.14. The van der Waals surface area contributed by atoms with E-state index in [9.17, 15) is 0 Å². The van der Waals surface area contributed by atoms with Crippen LogP contribution in [0.5, 0.6) is 5.75 Å². The van der Waals surface area contributed by atoms with Crippen LogP contribution in [-0.2, 0) is 0 Å². The van der Waals surface area contributed by atoms with Crippen molar-refractivity contribution in [2.75, 3.05) is 0 Å². The topological polar surface area (TPSA) is 46.2 Å². The second-order valence-electron chi connectivity index (χ2n) is 2.98. The highest BCUT2D eigenvalue weighted by atomic mass is 32.1. The van der Waals surface area contributed by atoms with E-state index in [1.165, 1.54) is 11.3 Å². The summed E-state index contributed by atoms with van der Waals surface area (Å²) in [6.45, 7) is 4.14. The largest absolute Gasteiger partial charge is 0.507 e. The van der Waals surface area contributed by atoms with E-state index in [1.54, 1.807) is 11.4 Å². The molecule has 0 saturated carbocycles. The zero-order valence-corrected chi connectivity index (χ0v) is 7.56. The molecule has 1 aromatic rings. The average molecular weight is 171 g/mol. The van der Waals surface area contributed by atoms with E-state index < -0.39 is 0 Å². The lowest BCUT2D eigenvalue weighted by atomic mass is 10.0. The Balaban J connectivity index is 2.76. The van der Waals surface area contributed by atoms with Crippen LogP contribution < -0.4 is 5.73 Å². The molecule has 0 fully saturated rings. The van der Waals surface area contributed by atoms with Gasteiger partial charge in [-0.2, -0.15) is 0 Å². The Hall–Kier alpha value is -0.540. The molecule has 0 aliphatic rings. The van der Waals surface area contributed by atoms with Crippen molar-refractivity contribution in [1.29, 1.82) is 0 Å². The van der Waals surface area contributed by atoms with E-state index in [-0.39, 0.29) is 6.04 Å². The first-order valence-electron chi connectivity index (χ1n) is 3.64. The van der Waals surface area contributed by atoms with Crippen molar-refractivity contribution >= 4 is 11.3 Å². The zero-order chi connectivity index (χ0) is 8.43. The fraction of sp³-hybridized carbons (Fsp3) is 0.500. The Morgan fingerprint density at radius 2 is 2.18 bits per heavy atom. The Morgan fingerprint density at radius 3 is 2.55 bits per heavy atom. The van der Waals surface area contributed by atoms with Gasteiger partial charge in [0, 0.05) is 16.3 Å². The highest BCUT2D eigenvalue weighted by Crippen LogP contribution is 2.28. The second kappa shape index (κ2) is 3.24. The van der Waals surface area contributed by atoms with Crippen LogP contribution in [0.4, 0.5) is 0 Å². The van der Waals surface area contributed by atoms with E-state index in [1.807, 2.05) is 0 Å². The number of hydrogen-bond acceptors (Lipinski definition) is 3. The molecule has 3 N–H and O–H groups in total. The summed E-state index contributed by atoms with van der Waals surface area (Å²) in [6, 6.07) is 1.79. The van der Waals surface area contributed by atoms with Crippen LogP contribution in [0.15, 0.2) is 11.4 Å². The molecule has 0 bridgehead atoms. The third kappa shape index (κ3) is 1.94. The van der Waals surface area contributed by atoms with Crippen molar-refractivity contribution < 1.29 is 5.11 Å².